The number of rotatable bonds is 10. The van der Waals surface area contributed by atoms with Crippen LogP contribution >= 0.6 is 11.6 Å². The first-order valence-electron chi connectivity index (χ1n) is 10.0. The third-order valence-corrected chi connectivity index (χ3v) is 5.02. The van der Waals surface area contributed by atoms with Crippen LogP contribution in [0.3, 0.4) is 0 Å². The Morgan fingerprint density at radius 3 is 2.24 bits per heavy atom. The van der Waals surface area contributed by atoms with Crippen LogP contribution in [0.1, 0.15) is 43.4 Å². The van der Waals surface area contributed by atoms with E-state index in [-0.39, 0.29) is 12.5 Å². The lowest BCUT2D eigenvalue weighted by Crippen LogP contribution is -2.25. The molecule has 1 N–H and O–H groups in total. The van der Waals surface area contributed by atoms with Gasteiger partial charge in [0.25, 0.3) is 5.91 Å². The van der Waals surface area contributed by atoms with Gasteiger partial charge in [-0.15, -0.1) is 0 Å². The molecule has 2 aromatic rings. The number of carbonyl (C=O) groups is 1. The molecule has 0 fully saturated rings. The molecule has 0 spiro atoms. The highest BCUT2D eigenvalue weighted by atomic mass is 35.5. The van der Waals surface area contributed by atoms with Crippen molar-refractivity contribution in [3.63, 3.8) is 0 Å². The average molecular weight is 416 g/mol. The number of carbonyl (C=O) groups excluding carboxylic acids is 1. The fourth-order valence-electron chi connectivity index (χ4n) is 3.03. The van der Waals surface area contributed by atoms with E-state index in [0.717, 1.165) is 42.6 Å². The maximum Gasteiger partial charge on any atom is 0.277 e. The van der Waals surface area contributed by atoms with Crippen LogP contribution in [0.25, 0.3) is 0 Å². The number of ether oxygens (including phenoxy) is 1. The average Bonchev–Trinajstić information content (AvgIpc) is 2.71. The quantitative estimate of drug-likeness (QED) is 0.433. The molecule has 0 bridgehead atoms. The summed E-state index contributed by atoms with van der Waals surface area (Å²) in [7, 11) is 0. The molecule has 2 rings (SSSR count). The van der Waals surface area contributed by atoms with Crippen LogP contribution in [-0.2, 0) is 4.79 Å². The number of benzene rings is 2. The van der Waals surface area contributed by atoms with Gasteiger partial charge in [-0.25, -0.2) is 5.43 Å². The van der Waals surface area contributed by atoms with Gasteiger partial charge < -0.3 is 9.64 Å². The minimum absolute atomic E-state index is 0.111. The Morgan fingerprint density at radius 2 is 1.69 bits per heavy atom. The topological polar surface area (TPSA) is 53.9 Å². The van der Waals surface area contributed by atoms with E-state index < -0.39 is 0 Å². The highest BCUT2D eigenvalue weighted by Crippen LogP contribution is 2.25. The molecular weight excluding hydrogens is 386 g/mol. The van der Waals surface area contributed by atoms with Gasteiger partial charge in [-0.05, 0) is 67.6 Å². The summed E-state index contributed by atoms with van der Waals surface area (Å²) >= 11 is 6.14. The van der Waals surface area contributed by atoms with Gasteiger partial charge in [0.2, 0.25) is 0 Å². The number of aryl methyl sites for hydroxylation is 2. The van der Waals surface area contributed by atoms with Gasteiger partial charge in [0, 0.05) is 23.8 Å². The Bertz CT molecular complexity index is 806. The minimum Gasteiger partial charge on any atom is -0.484 e. The second-order valence-electron chi connectivity index (χ2n) is 7.03. The van der Waals surface area contributed by atoms with Crippen molar-refractivity contribution >= 4 is 29.4 Å². The van der Waals surface area contributed by atoms with Gasteiger partial charge in [-0.3, -0.25) is 4.79 Å². The molecule has 0 atom stereocenters. The maximum atomic E-state index is 11.9. The van der Waals surface area contributed by atoms with Gasteiger partial charge in [0.15, 0.2) is 6.61 Å². The molecule has 0 saturated heterocycles. The first-order valence-corrected chi connectivity index (χ1v) is 10.4. The lowest BCUT2D eigenvalue weighted by Gasteiger charge is -2.23. The third kappa shape index (κ3) is 7.09. The summed E-state index contributed by atoms with van der Waals surface area (Å²) in [6.07, 6.45) is 3.86. The lowest BCUT2D eigenvalue weighted by atomic mass is 10.1. The molecule has 0 unspecified atom stereocenters. The number of halogens is 1. The molecule has 5 nitrogen and oxygen atoms in total. The zero-order valence-corrected chi connectivity index (χ0v) is 18.4. The van der Waals surface area contributed by atoms with E-state index in [4.69, 9.17) is 16.3 Å². The second-order valence-corrected chi connectivity index (χ2v) is 7.41. The molecule has 0 aliphatic heterocycles. The summed E-state index contributed by atoms with van der Waals surface area (Å²) in [6.45, 7) is 10.2. The molecule has 6 heteroatoms. The van der Waals surface area contributed by atoms with Crippen molar-refractivity contribution in [3.05, 3.63) is 58.1 Å². The number of anilines is 1. The summed E-state index contributed by atoms with van der Waals surface area (Å²) in [5.41, 5.74) is 6.45. The summed E-state index contributed by atoms with van der Waals surface area (Å²) in [5.74, 6) is 0.294. The minimum atomic E-state index is -0.319. The number of amides is 1. The Labute approximate surface area is 178 Å². The SMILES string of the molecule is CCCN(CCC)c1ccc(/C=N\NC(=O)COc2cc(C)c(Cl)c(C)c2)cc1. The van der Waals surface area contributed by atoms with E-state index in [2.05, 4.69) is 41.4 Å². The number of hydrogen-bond donors (Lipinski definition) is 1. The van der Waals surface area contributed by atoms with Crippen LogP contribution in [0.2, 0.25) is 5.02 Å². The molecular formula is C23H30ClN3O2. The van der Waals surface area contributed by atoms with Gasteiger partial charge in [0.1, 0.15) is 5.75 Å². The van der Waals surface area contributed by atoms with E-state index in [1.54, 1.807) is 6.21 Å². The zero-order chi connectivity index (χ0) is 21.2. The highest BCUT2D eigenvalue weighted by molar-refractivity contribution is 6.32. The molecule has 0 saturated carbocycles. The van der Waals surface area contributed by atoms with Gasteiger partial charge >= 0.3 is 0 Å². The standard InChI is InChI=1S/C23H30ClN3O2/c1-5-11-27(12-6-2)20-9-7-19(8-10-20)15-25-26-22(28)16-29-21-13-17(3)23(24)18(4)14-21/h7-10,13-15H,5-6,11-12,16H2,1-4H3,(H,26,28)/b25-15-. The van der Waals surface area contributed by atoms with Crippen molar-refractivity contribution in [1.29, 1.82) is 0 Å². The van der Waals surface area contributed by atoms with Crippen molar-refractivity contribution in [2.45, 2.75) is 40.5 Å². The van der Waals surface area contributed by atoms with Crippen molar-refractivity contribution in [2.75, 3.05) is 24.6 Å². The largest absolute Gasteiger partial charge is 0.484 e. The highest BCUT2D eigenvalue weighted by Gasteiger charge is 2.06. The fourth-order valence-corrected chi connectivity index (χ4v) is 3.14. The van der Waals surface area contributed by atoms with Crippen molar-refractivity contribution in [1.82, 2.24) is 5.43 Å². The summed E-state index contributed by atoms with van der Waals surface area (Å²) < 4.78 is 5.53. The Morgan fingerprint density at radius 1 is 1.10 bits per heavy atom. The smallest absolute Gasteiger partial charge is 0.277 e. The summed E-state index contributed by atoms with van der Waals surface area (Å²) in [4.78, 5) is 14.3. The first-order chi connectivity index (χ1) is 13.9. The summed E-state index contributed by atoms with van der Waals surface area (Å²) in [6, 6.07) is 11.8. The normalized spacial score (nSPS) is 10.9. The van der Waals surface area contributed by atoms with Crippen LogP contribution in [0.15, 0.2) is 41.5 Å². The van der Waals surface area contributed by atoms with Crippen LogP contribution < -0.4 is 15.1 Å². The molecule has 1 amide bonds. The van der Waals surface area contributed by atoms with Crippen molar-refractivity contribution in [2.24, 2.45) is 5.10 Å². The van der Waals surface area contributed by atoms with Crippen molar-refractivity contribution in [3.8, 4) is 5.75 Å². The Kier molecular flexibility index (Phi) is 9.00. The molecule has 0 heterocycles. The Hall–Kier alpha value is -2.53. The number of nitrogens with zero attached hydrogens (tertiary/aromatic N) is 2. The van der Waals surface area contributed by atoms with Gasteiger partial charge in [-0.1, -0.05) is 37.6 Å². The van der Waals surface area contributed by atoms with Crippen LogP contribution in [-0.4, -0.2) is 31.8 Å². The molecule has 0 aliphatic rings. The second kappa shape index (κ2) is 11.5. The van der Waals surface area contributed by atoms with Crippen LogP contribution in [0.5, 0.6) is 5.75 Å². The molecule has 0 radical (unpaired) electrons. The van der Waals surface area contributed by atoms with E-state index in [1.807, 2.05) is 38.1 Å². The third-order valence-electron chi connectivity index (χ3n) is 4.43. The van der Waals surface area contributed by atoms with Crippen LogP contribution in [0, 0.1) is 13.8 Å². The van der Waals surface area contributed by atoms with E-state index >= 15 is 0 Å². The van der Waals surface area contributed by atoms with Gasteiger partial charge in [-0.2, -0.15) is 5.10 Å². The predicted molar refractivity (Wildman–Crippen MR) is 121 cm³/mol. The fraction of sp³-hybridized carbons (Fsp3) is 0.391. The predicted octanol–water partition coefficient (Wildman–Crippen LogP) is 5.11. The van der Waals surface area contributed by atoms with E-state index in [1.165, 1.54) is 5.69 Å². The summed E-state index contributed by atoms with van der Waals surface area (Å²) in [5, 5.41) is 4.72. The number of hydrogen-bond acceptors (Lipinski definition) is 4. The molecule has 156 valence electrons. The lowest BCUT2D eigenvalue weighted by molar-refractivity contribution is -0.123. The first kappa shape index (κ1) is 22.8. The van der Waals surface area contributed by atoms with Crippen molar-refractivity contribution < 1.29 is 9.53 Å². The monoisotopic (exact) mass is 415 g/mol. The maximum absolute atomic E-state index is 11.9. The molecule has 2 aromatic carbocycles. The van der Waals surface area contributed by atoms with Crippen LogP contribution in [0.4, 0.5) is 5.69 Å². The molecule has 0 aromatic heterocycles. The number of nitrogens with one attached hydrogen (secondary N) is 1. The van der Waals surface area contributed by atoms with E-state index in [0.29, 0.717) is 10.8 Å². The molecule has 0 aliphatic carbocycles. The Balaban J connectivity index is 1.85. The molecule has 29 heavy (non-hydrogen) atoms. The van der Waals surface area contributed by atoms with Gasteiger partial charge in [0.05, 0.1) is 6.21 Å². The zero-order valence-electron chi connectivity index (χ0n) is 17.7. The number of hydrazone groups is 1. The van der Waals surface area contributed by atoms with E-state index in [9.17, 15) is 4.79 Å².